The summed E-state index contributed by atoms with van der Waals surface area (Å²) in [7, 11) is -3.61. The van der Waals surface area contributed by atoms with Crippen LogP contribution in [0, 0.1) is 5.92 Å². The number of benzene rings is 3. The van der Waals surface area contributed by atoms with Crippen molar-refractivity contribution >= 4 is 32.4 Å². The van der Waals surface area contributed by atoms with Crippen LogP contribution < -0.4 is 5.32 Å². The molecule has 2 heterocycles. The van der Waals surface area contributed by atoms with Crippen LogP contribution >= 0.6 is 0 Å². The fourth-order valence-corrected chi connectivity index (χ4v) is 5.69. The summed E-state index contributed by atoms with van der Waals surface area (Å²) in [6, 6.07) is 20.2. The predicted octanol–water partition coefficient (Wildman–Crippen LogP) is 3.46. The van der Waals surface area contributed by atoms with Crippen LogP contribution in [0.5, 0.6) is 0 Å². The quantitative estimate of drug-likeness (QED) is 0.491. The maximum Gasteiger partial charge on any atom is 0.243 e. The van der Waals surface area contributed by atoms with E-state index in [-0.39, 0.29) is 16.7 Å². The van der Waals surface area contributed by atoms with Crippen molar-refractivity contribution in [2.24, 2.45) is 5.92 Å². The highest BCUT2D eigenvalue weighted by atomic mass is 32.2. The number of hydrogen-bond acceptors (Lipinski definition) is 5. The molecular formula is C24H23N5O3S. The summed E-state index contributed by atoms with van der Waals surface area (Å²) in [5.74, 6) is -0.387. The third-order valence-corrected chi connectivity index (χ3v) is 7.91. The third kappa shape index (κ3) is 4.24. The molecule has 0 aliphatic carbocycles. The summed E-state index contributed by atoms with van der Waals surface area (Å²) >= 11 is 0. The Balaban J connectivity index is 1.27. The van der Waals surface area contributed by atoms with Gasteiger partial charge >= 0.3 is 0 Å². The van der Waals surface area contributed by atoms with E-state index in [2.05, 4.69) is 15.6 Å². The lowest BCUT2D eigenvalue weighted by atomic mass is 9.97. The second kappa shape index (κ2) is 8.76. The first-order valence-electron chi connectivity index (χ1n) is 10.8. The lowest BCUT2D eigenvalue weighted by molar-refractivity contribution is -0.120. The minimum atomic E-state index is -3.61. The Morgan fingerprint density at radius 3 is 2.42 bits per heavy atom. The van der Waals surface area contributed by atoms with Crippen molar-refractivity contribution < 1.29 is 13.2 Å². The number of carbonyl (C=O) groups excluding carboxylic acids is 1. The average molecular weight is 462 g/mol. The van der Waals surface area contributed by atoms with Gasteiger partial charge in [-0.05, 0) is 47.9 Å². The van der Waals surface area contributed by atoms with E-state index >= 15 is 0 Å². The van der Waals surface area contributed by atoms with Crippen LogP contribution in [0.15, 0.2) is 84.0 Å². The number of sulfonamides is 1. The van der Waals surface area contributed by atoms with E-state index in [1.807, 2.05) is 54.6 Å². The molecule has 0 bridgehead atoms. The Hall–Kier alpha value is -3.56. The van der Waals surface area contributed by atoms with Gasteiger partial charge in [0.15, 0.2) is 0 Å². The van der Waals surface area contributed by atoms with Gasteiger partial charge in [0, 0.05) is 19.0 Å². The normalized spacial score (nSPS) is 15.5. The number of anilines is 1. The first kappa shape index (κ1) is 21.3. The van der Waals surface area contributed by atoms with Crippen molar-refractivity contribution in [2.45, 2.75) is 17.7 Å². The highest BCUT2D eigenvalue weighted by molar-refractivity contribution is 7.89. The molecule has 0 saturated carbocycles. The van der Waals surface area contributed by atoms with E-state index in [0.29, 0.717) is 31.6 Å². The number of para-hydroxylation sites is 2. The van der Waals surface area contributed by atoms with Crippen LogP contribution in [0.4, 0.5) is 5.69 Å². The van der Waals surface area contributed by atoms with E-state index in [1.54, 1.807) is 29.2 Å². The molecule has 1 amide bonds. The number of piperidine rings is 1. The van der Waals surface area contributed by atoms with Crippen LogP contribution in [0.1, 0.15) is 12.8 Å². The molecule has 0 atom stereocenters. The number of nitrogens with one attached hydrogen (secondary N) is 1. The van der Waals surface area contributed by atoms with Gasteiger partial charge in [0.1, 0.15) is 0 Å². The van der Waals surface area contributed by atoms with Gasteiger partial charge in [0.2, 0.25) is 15.9 Å². The number of aromatic nitrogens is 3. The number of nitrogens with zero attached hydrogens (tertiary/aromatic N) is 4. The molecule has 1 aliphatic rings. The highest BCUT2D eigenvalue weighted by Gasteiger charge is 2.32. The van der Waals surface area contributed by atoms with Crippen LogP contribution in [0.2, 0.25) is 0 Å². The number of rotatable bonds is 5. The number of carbonyl (C=O) groups is 1. The van der Waals surface area contributed by atoms with Crippen LogP contribution in [0.3, 0.4) is 0 Å². The van der Waals surface area contributed by atoms with E-state index in [4.69, 9.17) is 0 Å². The minimum Gasteiger partial charge on any atom is -0.324 e. The zero-order chi connectivity index (χ0) is 22.8. The summed E-state index contributed by atoms with van der Waals surface area (Å²) in [5.41, 5.74) is 1.36. The van der Waals surface area contributed by atoms with E-state index in [9.17, 15) is 13.2 Å². The van der Waals surface area contributed by atoms with Crippen molar-refractivity contribution in [3.8, 4) is 5.69 Å². The molecule has 4 aromatic rings. The van der Waals surface area contributed by atoms with Gasteiger partial charge in [-0.15, -0.1) is 5.10 Å². The fourth-order valence-electron chi connectivity index (χ4n) is 4.19. The predicted molar refractivity (Wildman–Crippen MR) is 125 cm³/mol. The lowest BCUT2D eigenvalue weighted by Crippen LogP contribution is -2.41. The monoisotopic (exact) mass is 461 g/mol. The molecule has 9 heteroatoms. The van der Waals surface area contributed by atoms with Gasteiger partial charge in [0.25, 0.3) is 0 Å². The molecule has 1 fully saturated rings. The van der Waals surface area contributed by atoms with Gasteiger partial charge < -0.3 is 5.32 Å². The Morgan fingerprint density at radius 1 is 0.939 bits per heavy atom. The van der Waals surface area contributed by atoms with Gasteiger partial charge in [-0.25, -0.2) is 13.1 Å². The first-order chi connectivity index (χ1) is 16.0. The second-order valence-electron chi connectivity index (χ2n) is 8.04. The van der Waals surface area contributed by atoms with Gasteiger partial charge in [-0.2, -0.15) is 4.31 Å². The summed E-state index contributed by atoms with van der Waals surface area (Å²) in [6.45, 7) is 0.607. The average Bonchev–Trinajstić information content (AvgIpc) is 3.39. The third-order valence-electron chi connectivity index (χ3n) is 6.01. The van der Waals surface area contributed by atoms with Crippen LogP contribution in [0.25, 0.3) is 16.5 Å². The number of amides is 1. The molecule has 1 saturated heterocycles. The molecular weight excluding hydrogens is 438 g/mol. The van der Waals surface area contributed by atoms with Crippen LogP contribution in [-0.4, -0.2) is 46.7 Å². The van der Waals surface area contributed by atoms with Gasteiger partial charge in [-0.3, -0.25) is 4.79 Å². The number of fused-ring (bicyclic) bond motifs is 1. The smallest absolute Gasteiger partial charge is 0.243 e. The Bertz CT molecular complexity index is 1390. The summed E-state index contributed by atoms with van der Waals surface area (Å²) in [4.78, 5) is 13.2. The fraction of sp³-hybridized carbons (Fsp3) is 0.208. The maximum atomic E-state index is 13.2. The Labute approximate surface area is 191 Å². The SMILES string of the molecule is O=C(Nc1ccccc1-n1ccnn1)C1CCN(S(=O)(=O)c2ccc3ccccc3c2)CC1. The van der Waals surface area contributed by atoms with Crippen molar-refractivity contribution in [1.29, 1.82) is 0 Å². The van der Waals surface area contributed by atoms with Crippen molar-refractivity contribution in [3.63, 3.8) is 0 Å². The Kier molecular flexibility index (Phi) is 5.65. The largest absolute Gasteiger partial charge is 0.324 e. The zero-order valence-electron chi connectivity index (χ0n) is 17.8. The molecule has 3 aromatic carbocycles. The molecule has 1 aromatic heterocycles. The summed E-state index contributed by atoms with van der Waals surface area (Å²) in [5, 5.41) is 12.7. The molecule has 0 unspecified atom stereocenters. The molecule has 0 spiro atoms. The first-order valence-corrected chi connectivity index (χ1v) is 12.2. The molecule has 0 radical (unpaired) electrons. The van der Waals surface area contributed by atoms with E-state index in [1.165, 1.54) is 4.31 Å². The van der Waals surface area contributed by atoms with Crippen molar-refractivity contribution in [3.05, 3.63) is 79.1 Å². The van der Waals surface area contributed by atoms with Crippen LogP contribution in [-0.2, 0) is 14.8 Å². The standard InChI is InChI=1S/C24H23N5O3S/c30-24(26-22-7-3-4-8-23(22)29-16-13-25-27-29)19-11-14-28(15-12-19)33(31,32)21-10-9-18-5-1-2-6-20(18)17-21/h1-10,13,16-17,19H,11-12,14-15H2,(H,26,30). The number of hydrogen-bond donors (Lipinski definition) is 1. The molecule has 5 rings (SSSR count). The lowest BCUT2D eigenvalue weighted by Gasteiger charge is -2.30. The second-order valence-corrected chi connectivity index (χ2v) is 9.98. The maximum absolute atomic E-state index is 13.2. The topological polar surface area (TPSA) is 97.2 Å². The molecule has 33 heavy (non-hydrogen) atoms. The molecule has 1 N–H and O–H groups in total. The summed E-state index contributed by atoms with van der Waals surface area (Å²) < 4.78 is 29.4. The highest BCUT2D eigenvalue weighted by Crippen LogP contribution is 2.28. The van der Waals surface area contributed by atoms with Crippen molar-refractivity contribution in [2.75, 3.05) is 18.4 Å². The van der Waals surface area contributed by atoms with Gasteiger partial charge in [0.05, 0.1) is 28.7 Å². The molecule has 168 valence electrons. The molecule has 8 nitrogen and oxygen atoms in total. The van der Waals surface area contributed by atoms with E-state index in [0.717, 1.165) is 16.5 Å². The van der Waals surface area contributed by atoms with E-state index < -0.39 is 10.0 Å². The van der Waals surface area contributed by atoms with Gasteiger partial charge in [-0.1, -0.05) is 47.7 Å². The minimum absolute atomic E-state index is 0.120. The Morgan fingerprint density at radius 2 is 1.67 bits per heavy atom. The van der Waals surface area contributed by atoms with Crippen molar-refractivity contribution in [1.82, 2.24) is 19.3 Å². The molecule has 1 aliphatic heterocycles. The summed E-state index contributed by atoms with van der Waals surface area (Å²) in [6.07, 6.45) is 4.21. The zero-order valence-corrected chi connectivity index (χ0v) is 18.6.